The summed E-state index contributed by atoms with van der Waals surface area (Å²) >= 11 is 9.65. The summed E-state index contributed by atoms with van der Waals surface area (Å²) in [6.07, 6.45) is 0. The highest BCUT2D eigenvalue weighted by molar-refractivity contribution is 9.10. The van der Waals surface area contributed by atoms with Gasteiger partial charge in [0.05, 0.1) is 10.5 Å². The van der Waals surface area contributed by atoms with E-state index in [4.69, 9.17) is 17.3 Å². The average molecular weight is 391 g/mol. The Hall–Kier alpha value is -2.11. The molecule has 4 nitrogen and oxygen atoms in total. The lowest BCUT2D eigenvalue weighted by molar-refractivity contribution is 0.1000. The molecular weight excluding hydrogens is 378 g/mol. The van der Waals surface area contributed by atoms with Crippen molar-refractivity contribution in [1.82, 2.24) is 4.98 Å². The van der Waals surface area contributed by atoms with Gasteiger partial charge in [-0.25, -0.2) is 4.98 Å². The first kappa shape index (κ1) is 15.8. The van der Waals surface area contributed by atoms with Crippen LogP contribution in [0.25, 0.3) is 10.9 Å². The zero-order chi connectivity index (χ0) is 16.4. The molecule has 6 heteroatoms. The molecular formula is C17H13BrClN3O. The number of carbonyl (C=O) groups excluding carboxylic acids is 1. The number of benzene rings is 2. The highest BCUT2D eigenvalue weighted by Crippen LogP contribution is 2.27. The maximum atomic E-state index is 11.2. The quantitative estimate of drug-likeness (QED) is 0.695. The van der Waals surface area contributed by atoms with Gasteiger partial charge in [0.1, 0.15) is 5.82 Å². The Morgan fingerprint density at radius 3 is 2.83 bits per heavy atom. The Morgan fingerprint density at radius 2 is 2.04 bits per heavy atom. The van der Waals surface area contributed by atoms with Gasteiger partial charge in [0, 0.05) is 22.0 Å². The first-order valence-corrected chi connectivity index (χ1v) is 8.08. The number of hydrogen-bond donors (Lipinski definition) is 2. The number of amides is 1. The van der Waals surface area contributed by atoms with Crippen LogP contribution in [0.1, 0.15) is 15.9 Å². The van der Waals surface area contributed by atoms with E-state index < -0.39 is 5.91 Å². The van der Waals surface area contributed by atoms with E-state index in [0.717, 1.165) is 20.9 Å². The number of halogens is 2. The van der Waals surface area contributed by atoms with E-state index in [9.17, 15) is 4.79 Å². The zero-order valence-electron chi connectivity index (χ0n) is 12.0. The van der Waals surface area contributed by atoms with Crippen LogP contribution >= 0.6 is 27.5 Å². The molecule has 3 aromatic rings. The molecule has 0 aliphatic heterocycles. The minimum atomic E-state index is -0.437. The van der Waals surface area contributed by atoms with E-state index >= 15 is 0 Å². The summed E-state index contributed by atoms with van der Waals surface area (Å²) in [6, 6.07) is 14.8. The number of carbonyl (C=O) groups is 1. The molecule has 0 bridgehead atoms. The minimum absolute atomic E-state index is 0.437. The molecule has 1 aromatic heterocycles. The van der Waals surface area contributed by atoms with Gasteiger partial charge in [-0.15, -0.1) is 0 Å². The number of hydrogen-bond acceptors (Lipinski definition) is 3. The lowest BCUT2D eigenvalue weighted by Gasteiger charge is -2.09. The van der Waals surface area contributed by atoms with Crippen molar-refractivity contribution >= 4 is 50.2 Å². The largest absolute Gasteiger partial charge is 0.366 e. The second kappa shape index (κ2) is 6.56. The van der Waals surface area contributed by atoms with Crippen molar-refractivity contribution in [2.75, 3.05) is 5.32 Å². The molecule has 0 unspecified atom stereocenters. The Kier molecular flexibility index (Phi) is 4.50. The van der Waals surface area contributed by atoms with Gasteiger partial charge in [-0.2, -0.15) is 0 Å². The highest BCUT2D eigenvalue weighted by Gasteiger charge is 2.05. The molecule has 0 aliphatic carbocycles. The van der Waals surface area contributed by atoms with Crippen molar-refractivity contribution in [3.63, 3.8) is 0 Å². The van der Waals surface area contributed by atoms with Crippen molar-refractivity contribution in [2.24, 2.45) is 5.73 Å². The van der Waals surface area contributed by atoms with E-state index in [0.29, 0.717) is 22.9 Å². The average Bonchev–Trinajstić information content (AvgIpc) is 2.53. The Balaban J connectivity index is 1.82. The van der Waals surface area contributed by atoms with Gasteiger partial charge in [0.2, 0.25) is 5.91 Å². The molecule has 3 N–H and O–H groups in total. The third-order valence-electron chi connectivity index (χ3n) is 3.40. The van der Waals surface area contributed by atoms with Crippen molar-refractivity contribution in [2.45, 2.75) is 6.54 Å². The predicted octanol–water partition coefficient (Wildman–Crippen LogP) is 4.36. The van der Waals surface area contributed by atoms with E-state index in [2.05, 4.69) is 26.2 Å². The van der Waals surface area contributed by atoms with Crippen LogP contribution in [0.2, 0.25) is 5.02 Å². The van der Waals surface area contributed by atoms with Crippen molar-refractivity contribution in [3.8, 4) is 0 Å². The third-order valence-corrected chi connectivity index (χ3v) is 4.14. The van der Waals surface area contributed by atoms with Gasteiger partial charge in [-0.05, 0) is 42.0 Å². The summed E-state index contributed by atoms with van der Waals surface area (Å²) in [5.41, 5.74) is 7.47. The standard InChI is InChI=1S/C17H13BrClN3O/c18-13-7-11-4-5-15(22-16(11)14(19)8-13)21-9-10-2-1-3-12(6-10)17(20)23/h1-8H,9H2,(H2,20,23)(H,21,22). The van der Waals surface area contributed by atoms with Crippen LogP contribution < -0.4 is 11.1 Å². The lowest BCUT2D eigenvalue weighted by Crippen LogP contribution is -2.11. The van der Waals surface area contributed by atoms with Crippen LogP contribution in [0.4, 0.5) is 5.82 Å². The van der Waals surface area contributed by atoms with Crippen LogP contribution in [-0.4, -0.2) is 10.9 Å². The highest BCUT2D eigenvalue weighted by atomic mass is 79.9. The van der Waals surface area contributed by atoms with Crippen LogP contribution in [0, 0.1) is 0 Å². The molecule has 0 aliphatic rings. The molecule has 0 saturated carbocycles. The molecule has 1 amide bonds. The summed E-state index contributed by atoms with van der Waals surface area (Å²) in [5, 5.41) is 4.78. The van der Waals surface area contributed by atoms with E-state index in [1.54, 1.807) is 18.2 Å². The molecule has 2 aromatic carbocycles. The van der Waals surface area contributed by atoms with Gasteiger partial charge in [-0.3, -0.25) is 4.79 Å². The SMILES string of the molecule is NC(=O)c1cccc(CNc2ccc3cc(Br)cc(Cl)c3n2)c1. The number of aromatic nitrogens is 1. The summed E-state index contributed by atoms with van der Waals surface area (Å²) < 4.78 is 0.917. The number of pyridine rings is 1. The fourth-order valence-corrected chi connectivity index (χ4v) is 3.16. The van der Waals surface area contributed by atoms with Crippen molar-refractivity contribution < 1.29 is 4.79 Å². The molecule has 0 spiro atoms. The molecule has 0 radical (unpaired) electrons. The van der Waals surface area contributed by atoms with E-state index in [1.807, 2.05) is 30.3 Å². The number of nitrogens with zero attached hydrogens (tertiary/aromatic N) is 1. The van der Waals surface area contributed by atoms with Crippen LogP contribution in [0.15, 0.2) is 53.0 Å². The number of fused-ring (bicyclic) bond motifs is 1. The predicted molar refractivity (Wildman–Crippen MR) is 96.7 cm³/mol. The number of rotatable bonds is 4. The smallest absolute Gasteiger partial charge is 0.248 e. The number of anilines is 1. The molecule has 23 heavy (non-hydrogen) atoms. The first-order chi connectivity index (χ1) is 11.0. The van der Waals surface area contributed by atoms with Gasteiger partial charge in [-0.1, -0.05) is 39.7 Å². The molecule has 0 saturated heterocycles. The van der Waals surface area contributed by atoms with Gasteiger partial charge < -0.3 is 11.1 Å². The third kappa shape index (κ3) is 3.63. The molecule has 116 valence electrons. The second-order valence-electron chi connectivity index (χ2n) is 5.07. The number of nitrogens with two attached hydrogens (primary N) is 1. The van der Waals surface area contributed by atoms with Crippen LogP contribution in [0.5, 0.6) is 0 Å². The summed E-state index contributed by atoms with van der Waals surface area (Å²) in [5.74, 6) is 0.277. The van der Waals surface area contributed by atoms with Crippen molar-refractivity contribution in [1.29, 1.82) is 0 Å². The van der Waals surface area contributed by atoms with Gasteiger partial charge in [0.15, 0.2) is 0 Å². The summed E-state index contributed by atoms with van der Waals surface area (Å²) in [6.45, 7) is 0.535. The molecule has 1 heterocycles. The van der Waals surface area contributed by atoms with Gasteiger partial charge in [0.25, 0.3) is 0 Å². The molecule has 3 rings (SSSR count). The Morgan fingerprint density at radius 1 is 1.22 bits per heavy atom. The molecule has 0 atom stereocenters. The van der Waals surface area contributed by atoms with E-state index in [1.165, 1.54) is 0 Å². The maximum Gasteiger partial charge on any atom is 0.248 e. The zero-order valence-corrected chi connectivity index (χ0v) is 14.4. The lowest BCUT2D eigenvalue weighted by atomic mass is 10.1. The van der Waals surface area contributed by atoms with Crippen LogP contribution in [-0.2, 0) is 6.54 Å². The maximum absolute atomic E-state index is 11.2. The normalized spacial score (nSPS) is 10.7. The molecule has 0 fully saturated rings. The monoisotopic (exact) mass is 389 g/mol. The summed E-state index contributed by atoms with van der Waals surface area (Å²) in [7, 11) is 0. The number of nitrogens with one attached hydrogen (secondary N) is 1. The van der Waals surface area contributed by atoms with Gasteiger partial charge >= 0.3 is 0 Å². The topological polar surface area (TPSA) is 68.0 Å². The number of primary amides is 1. The fourth-order valence-electron chi connectivity index (χ4n) is 2.28. The second-order valence-corrected chi connectivity index (χ2v) is 6.40. The minimum Gasteiger partial charge on any atom is -0.366 e. The summed E-state index contributed by atoms with van der Waals surface area (Å²) in [4.78, 5) is 15.7. The van der Waals surface area contributed by atoms with Crippen molar-refractivity contribution in [3.05, 3.63) is 69.2 Å². The fraction of sp³-hybridized carbons (Fsp3) is 0.0588. The Bertz CT molecular complexity index is 898. The van der Waals surface area contributed by atoms with E-state index in [-0.39, 0.29) is 0 Å². The van der Waals surface area contributed by atoms with Crippen LogP contribution in [0.3, 0.4) is 0 Å². The Labute approximate surface area is 146 Å². The first-order valence-electron chi connectivity index (χ1n) is 6.91.